The summed E-state index contributed by atoms with van der Waals surface area (Å²) in [5.41, 5.74) is 9.11. The summed E-state index contributed by atoms with van der Waals surface area (Å²) < 4.78 is 0. The molecular formula is C13H19ClN2. The highest BCUT2D eigenvalue weighted by molar-refractivity contribution is 6.31. The lowest BCUT2D eigenvalue weighted by atomic mass is 10.1. The highest BCUT2D eigenvalue weighted by Gasteiger charge is 2.13. The van der Waals surface area contributed by atoms with E-state index in [1.54, 1.807) is 0 Å². The van der Waals surface area contributed by atoms with Crippen LogP contribution in [0.5, 0.6) is 0 Å². The zero-order valence-corrected chi connectivity index (χ0v) is 10.6. The predicted octanol–water partition coefficient (Wildman–Crippen LogP) is 3.61. The van der Waals surface area contributed by atoms with Gasteiger partial charge in [-0.05, 0) is 37.5 Å². The van der Waals surface area contributed by atoms with Gasteiger partial charge in [0.2, 0.25) is 0 Å². The van der Waals surface area contributed by atoms with Crippen LogP contribution in [0.2, 0.25) is 5.02 Å². The van der Waals surface area contributed by atoms with Gasteiger partial charge in [-0.3, -0.25) is 0 Å². The van der Waals surface area contributed by atoms with Crippen molar-refractivity contribution in [3.63, 3.8) is 0 Å². The Morgan fingerprint density at radius 2 is 1.75 bits per heavy atom. The molecule has 0 aliphatic carbocycles. The maximum atomic E-state index is 6.06. The summed E-state index contributed by atoms with van der Waals surface area (Å²) in [7, 11) is 0. The van der Waals surface area contributed by atoms with Crippen LogP contribution in [0.4, 0.5) is 11.4 Å². The van der Waals surface area contributed by atoms with Crippen molar-refractivity contribution in [1.82, 2.24) is 0 Å². The molecule has 0 atom stereocenters. The maximum absolute atomic E-state index is 6.06. The van der Waals surface area contributed by atoms with Crippen molar-refractivity contribution < 1.29 is 0 Å². The number of hydrogen-bond donors (Lipinski definition) is 1. The first kappa shape index (κ1) is 11.6. The number of nitrogen functional groups attached to an aromatic ring is 1. The lowest BCUT2D eigenvalue weighted by Gasteiger charge is -2.25. The zero-order chi connectivity index (χ0) is 11.5. The molecule has 0 aromatic heterocycles. The molecule has 1 aliphatic rings. The number of nitrogens with zero attached hydrogens (tertiary/aromatic N) is 1. The molecule has 88 valence electrons. The largest absolute Gasteiger partial charge is 0.397 e. The molecule has 0 bridgehead atoms. The van der Waals surface area contributed by atoms with E-state index in [9.17, 15) is 0 Å². The summed E-state index contributed by atoms with van der Waals surface area (Å²) in [5, 5.41) is 0.760. The van der Waals surface area contributed by atoms with E-state index in [4.69, 9.17) is 17.3 Å². The molecule has 1 heterocycles. The molecule has 2 N–H and O–H groups in total. The third-order valence-electron chi connectivity index (χ3n) is 3.25. The second-order valence-electron chi connectivity index (χ2n) is 4.56. The molecule has 1 fully saturated rings. The second kappa shape index (κ2) is 4.96. The van der Waals surface area contributed by atoms with Crippen molar-refractivity contribution in [2.45, 2.75) is 32.6 Å². The minimum Gasteiger partial charge on any atom is -0.397 e. The number of hydrogen-bond acceptors (Lipinski definition) is 2. The lowest BCUT2D eigenvalue weighted by molar-refractivity contribution is 0.726. The van der Waals surface area contributed by atoms with Crippen LogP contribution in [0.25, 0.3) is 0 Å². The van der Waals surface area contributed by atoms with Crippen molar-refractivity contribution in [3.05, 3.63) is 22.7 Å². The molecule has 1 aliphatic heterocycles. The van der Waals surface area contributed by atoms with E-state index in [-0.39, 0.29) is 0 Å². The number of anilines is 2. The summed E-state index contributed by atoms with van der Waals surface area (Å²) in [6, 6.07) is 3.99. The van der Waals surface area contributed by atoms with E-state index in [0.717, 1.165) is 35.1 Å². The van der Waals surface area contributed by atoms with Crippen molar-refractivity contribution in [1.29, 1.82) is 0 Å². The third kappa shape index (κ3) is 2.43. The van der Waals surface area contributed by atoms with Gasteiger partial charge in [0.15, 0.2) is 0 Å². The van der Waals surface area contributed by atoms with Crippen LogP contribution in [0.1, 0.15) is 31.2 Å². The van der Waals surface area contributed by atoms with Gasteiger partial charge in [-0.2, -0.15) is 0 Å². The second-order valence-corrected chi connectivity index (χ2v) is 4.97. The number of aryl methyl sites for hydroxylation is 1. The lowest BCUT2D eigenvalue weighted by Crippen LogP contribution is -2.24. The fraction of sp³-hybridized carbons (Fsp3) is 0.538. The standard InChI is InChI=1S/C13H19ClN2/c1-10-8-13(12(15)9-11(10)14)16-6-4-2-3-5-7-16/h8-9H,2-7,15H2,1H3. The summed E-state index contributed by atoms with van der Waals surface area (Å²) in [6.45, 7) is 4.26. The highest BCUT2D eigenvalue weighted by atomic mass is 35.5. The van der Waals surface area contributed by atoms with Gasteiger partial charge < -0.3 is 10.6 Å². The van der Waals surface area contributed by atoms with Crippen LogP contribution >= 0.6 is 11.6 Å². The molecule has 2 rings (SSSR count). The van der Waals surface area contributed by atoms with Crippen molar-refractivity contribution in [2.24, 2.45) is 0 Å². The van der Waals surface area contributed by atoms with Crippen LogP contribution in [0.15, 0.2) is 12.1 Å². The normalized spacial score (nSPS) is 17.2. The predicted molar refractivity (Wildman–Crippen MR) is 71.3 cm³/mol. The Morgan fingerprint density at radius 3 is 2.38 bits per heavy atom. The molecule has 2 nitrogen and oxygen atoms in total. The van der Waals surface area contributed by atoms with E-state index in [2.05, 4.69) is 11.0 Å². The Balaban J connectivity index is 2.27. The van der Waals surface area contributed by atoms with Gasteiger partial charge in [0, 0.05) is 18.1 Å². The topological polar surface area (TPSA) is 29.3 Å². The molecule has 0 amide bonds. The molecule has 0 spiro atoms. The van der Waals surface area contributed by atoms with Gasteiger partial charge in [-0.1, -0.05) is 24.4 Å². The maximum Gasteiger partial charge on any atom is 0.0603 e. The van der Waals surface area contributed by atoms with Crippen molar-refractivity contribution in [3.8, 4) is 0 Å². The minimum atomic E-state index is 0.760. The monoisotopic (exact) mass is 238 g/mol. The highest BCUT2D eigenvalue weighted by Crippen LogP contribution is 2.31. The van der Waals surface area contributed by atoms with Gasteiger partial charge in [-0.25, -0.2) is 0 Å². The number of halogens is 1. The third-order valence-corrected chi connectivity index (χ3v) is 3.66. The number of nitrogens with two attached hydrogens (primary N) is 1. The molecule has 0 saturated carbocycles. The average Bonchev–Trinajstić information content (AvgIpc) is 2.52. The molecule has 1 saturated heterocycles. The first-order valence-electron chi connectivity index (χ1n) is 5.99. The Morgan fingerprint density at radius 1 is 1.12 bits per heavy atom. The molecule has 3 heteroatoms. The average molecular weight is 239 g/mol. The Labute approximate surface area is 102 Å². The van der Waals surface area contributed by atoms with E-state index >= 15 is 0 Å². The Kier molecular flexibility index (Phi) is 3.59. The van der Waals surface area contributed by atoms with Gasteiger partial charge >= 0.3 is 0 Å². The smallest absolute Gasteiger partial charge is 0.0603 e. The minimum absolute atomic E-state index is 0.760. The van der Waals surface area contributed by atoms with E-state index < -0.39 is 0 Å². The van der Waals surface area contributed by atoms with Crippen LogP contribution in [0.3, 0.4) is 0 Å². The molecule has 0 radical (unpaired) electrons. The van der Waals surface area contributed by atoms with Crippen molar-refractivity contribution in [2.75, 3.05) is 23.7 Å². The number of rotatable bonds is 1. The first-order chi connectivity index (χ1) is 7.68. The van der Waals surface area contributed by atoms with Crippen LogP contribution in [0, 0.1) is 6.92 Å². The summed E-state index contributed by atoms with van der Waals surface area (Å²) in [4.78, 5) is 2.39. The van der Waals surface area contributed by atoms with Crippen LogP contribution in [-0.4, -0.2) is 13.1 Å². The van der Waals surface area contributed by atoms with Crippen LogP contribution in [-0.2, 0) is 0 Å². The summed E-state index contributed by atoms with van der Waals surface area (Å²) in [6.07, 6.45) is 5.20. The quantitative estimate of drug-likeness (QED) is 0.758. The van der Waals surface area contributed by atoms with E-state index in [0.29, 0.717) is 0 Å². The molecule has 1 aromatic carbocycles. The van der Waals surface area contributed by atoms with Gasteiger partial charge in [-0.15, -0.1) is 0 Å². The van der Waals surface area contributed by atoms with E-state index in [1.165, 1.54) is 25.7 Å². The fourth-order valence-corrected chi connectivity index (χ4v) is 2.44. The molecular weight excluding hydrogens is 220 g/mol. The summed E-state index contributed by atoms with van der Waals surface area (Å²) in [5.74, 6) is 0. The SMILES string of the molecule is Cc1cc(N2CCCCCC2)c(N)cc1Cl. The molecule has 0 unspecified atom stereocenters. The summed E-state index contributed by atoms with van der Waals surface area (Å²) >= 11 is 6.06. The first-order valence-corrected chi connectivity index (χ1v) is 6.37. The number of benzene rings is 1. The zero-order valence-electron chi connectivity index (χ0n) is 9.80. The van der Waals surface area contributed by atoms with Crippen LogP contribution < -0.4 is 10.6 Å². The van der Waals surface area contributed by atoms with Gasteiger partial charge in [0.25, 0.3) is 0 Å². The van der Waals surface area contributed by atoms with Gasteiger partial charge in [0.05, 0.1) is 11.4 Å². The Hall–Kier alpha value is -0.890. The van der Waals surface area contributed by atoms with E-state index in [1.807, 2.05) is 13.0 Å². The van der Waals surface area contributed by atoms with Gasteiger partial charge in [0.1, 0.15) is 0 Å². The fourth-order valence-electron chi connectivity index (χ4n) is 2.27. The van der Waals surface area contributed by atoms with Crippen molar-refractivity contribution >= 4 is 23.0 Å². The molecule has 16 heavy (non-hydrogen) atoms. The molecule has 1 aromatic rings. The Bertz CT molecular complexity index is 368.